The Labute approximate surface area is 119 Å². The maximum Gasteiger partial charge on any atom is 0.295 e. The fourth-order valence-electron chi connectivity index (χ4n) is 2.87. The topological polar surface area (TPSA) is 75.4 Å². The number of anilines is 1. The Morgan fingerprint density at radius 3 is 2.55 bits per heavy atom. The van der Waals surface area contributed by atoms with E-state index in [2.05, 4.69) is 5.32 Å². The third-order valence-electron chi connectivity index (χ3n) is 4.06. The Morgan fingerprint density at radius 1 is 1.30 bits per heavy atom. The van der Waals surface area contributed by atoms with Crippen molar-refractivity contribution in [3.63, 3.8) is 0 Å². The molecule has 0 bridgehead atoms. The summed E-state index contributed by atoms with van der Waals surface area (Å²) in [5, 5.41) is 24.8. The number of hydrogen-bond donors (Lipinski definition) is 2. The van der Waals surface area contributed by atoms with E-state index in [-0.39, 0.29) is 10.6 Å². The summed E-state index contributed by atoms with van der Waals surface area (Å²) in [6.07, 6.45) is 5.89. The molecule has 0 amide bonds. The minimum Gasteiger partial charge on any atom is -0.388 e. The van der Waals surface area contributed by atoms with Crippen LogP contribution in [0.25, 0.3) is 0 Å². The zero-order valence-corrected chi connectivity index (χ0v) is 11.9. The molecule has 0 atom stereocenters. The Kier molecular flexibility index (Phi) is 4.60. The van der Waals surface area contributed by atoms with Crippen LogP contribution in [0.15, 0.2) is 18.2 Å². The number of rotatable bonds is 4. The highest BCUT2D eigenvalue weighted by molar-refractivity contribution is 5.65. The van der Waals surface area contributed by atoms with Gasteiger partial charge in [-0.15, -0.1) is 0 Å². The largest absolute Gasteiger partial charge is 0.388 e. The maximum absolute atomic E-state index is 11.1. The van der Waals surface area contributed by atoms with Gasteiger partial charge in [-0.1, -0.05) is 37.8 Å². The number of hydrogen-bond acceptors (Lipinski definition) is 4. The molecule has 1 saturated carbocycles. The molecule has 110 valence electrons. The highest BCUT2D eigenvalue weighted by Crippen LogP contribution is 2.31. The lowest BCUT2D eigenvalue weighted by atomic mass is 9.94. The average Bonchev–Trinajstić information content (AvgIpc) is 2.61. The number of nitrogens with zero attached hydrogens (tertiary/aromatic N) is 1. The van der Waals surface area contributed by atoms with Crippen LogP contribution in [-0.2, 0) is 0 Å². The number of benzene rings is 1. The molecule has 0 radical (unpaired) electrons. The fourth-order valence-corrected chi connectivity index (χ4v) is 2.87. The molecular formula is C15H22N2O3. The summed E-state index contributed by atoms with van der Waals surface area (Å²) in [5.41, 5.74) is 0.485. The van der Waals surface area contributed by atoms with Crippen LogP contribution in [0.4, 0.5) is 11.4 Å². The molecule has 1 aliphatic carbocycles. The summed E-state index contributed by atoms with van der Waals surface area (Å²) in [6.45, 7) is 2.10. The molecule has 5 nitrogen and oxygen atoms in total. The van der Waals surface area contributed by atoms with E-state index in [1.165, 1.54) is 0 Å². The maximum atomic E-state index is 11.1. The molecule has 1 aromatic carbocycles. The van der Waals surface area contributed by atoms with E-state index in [0.717, 1.165) is 38.5 Å². The van der Waals surface area contributed by atoms with Crippen molar-refractivity contribution in [1.82, 2.24) is 0 Å². The molecule has 0 aromatic heterocycles. The third kappa shape index (κ3) is 3.48. The van der Waals surface area contributed by atoms with Gasteiger partial charge in [0.15, 0.2) is 0 Å². The number of nitro groups is 1. The van der Waals surface area contributed by atoms with E-state index in [1.807, 2.05) is 0 Å². The lowest BCUT2D eigenvalue weighted by molar-refractivity contribution is -0.384. The third-order valence-corrected chi connectivity index (χ3v) is 4.06. The van der Waals surface area contributed by atoms with Crippen LogP contribution in [-0.4, -0.2) is 22.2 Å². The van der Waals surface area contributed by atoms with Crippen molar-refractivity contribution in [1.29, 1.82) is 0 Å². The number of nitro benzene ring substituents is 1. The highest BCUT2D eigenvalue weighted by atomic mass is 16.6. The zero-order chi connectivity index (χ0) is 14.6. The Bertz CT molecular complexity index is 480. The molecule has 0 saturated heterocycles. The van der Waals surface area contributed by atoms with E-state index in [0.29, 0.717) is 17.8 Å². The van der Waals surface area contributed by atoms with Crippen molar-refractivity contribution in [2.24, 2.45) is 0 Å². The molecule has 1 fully saturated rings. The summed E-state index contributed by atoms with van der Waals surface area (Å²) < 4.78 is 0. The fraction of sp³-hybridized carbons (Fsp3) is 0.600. The molecule has 2 rings (SSSR count). The summed E-state index contributed by atoms with van der Waals surface area (Å²) in [4.78, 5) is 10.8. The predicted molar refractivity (Wildman–Crippen MR) is 79.0 cm³/mol. The van der Waals surface area contributed by atoms with Crippen LogP contribution >= 0.6 is 0 Å². The van der Waals surface area contributed by atoms with Gasteiger partial charge in [0.1, 0.15) is 5.69 Å². The lowest BCUT2D eigenvalue weighted by Crippen LogP contribution is -2.36. The zero-order valence-electron chi connectivity index (χ0n) is 11.9. The van der Waals surface area contributed by atoms with Crippen molar-refractivity contribution < 1.29 is 10.0 Å². The number of aliphatic hydroxyl groups is 1. The van der Waals surface area contributed by atoms with Gasteiger partial charge in [0.2, 0.25) is 0 Å². The second kappa shape index (κ2) is 6.22. The first-order valence-electron chi connectivity index (χ1n) is 7.22. The van der Waals surface area contributed by atoms with Gasteiger partial charge >= 0.3 is 0 Å². The normalized spacial score (nSPS) is 18.3. The smallest absolute Gasteiger partial charge is 0.295 e. The number of nitrogens with one attached hydrogen (secondary N) is 1. The van der Waals surface area contributed by atoms with E-state index in [1.54, 1.807) is 25.1 Å². The number of para-hydroxylation sites is 1. The first-order chi connectivity index (χ1) is 9.52. The Balaban J connectivity index is 2.10. The van der Waals surface area contributed by atoms with Crippen LogP contribution in [0, 0.1) is 17.0 Å². The predicted octanol–water partition coefficient (Wildman–Crippen LogP) is 3.40. The molecule has 2 N–H and O–H groups in total. The van der Waals surface area contributed by atoms with E-state index in [4.69, 9.17) is 0 Å². The van der Waals surface area contributed by atoms with E-state index in [9.17, 15) is 15.2 Å². The van der Waals surface area contributed by atoms with Crippen LogP contribution in [0.2, 0.25) is 0 Å². The van der Waals surface area contributed by atoms with Crippen LogP contribution in [0.3, 0.4) is 0 Å². The second-order valence-electron chi connectivity index (χ2n) is 5.72. The molecule has 0 heterocycles. The lowest BCUT2D eigenvalue weighted by Gasteiger charge is -2.27. The van der Waals surface area contributed by atoms with Crippen LogP contribution in [0.5, 0.6) is 0 Å². The standard InChI is InChI=1S/C15H22N2O3/c1-12-7-6-8-13(14(12)17(19)20)16-11-15(18)9-4-2-3-5-10-15/h6-8,16,18H,2-5,9-11H2,1H3. The van der Waals surface area contributed by atoms with Crippen molar-refractivity contribution in [2.45, 2.75) is 51.0 Å². The molecule has 1 aromatic rings. The Morgan fingerprint density at radius 2 is 1.95 bits per heavy atom. The van der Waals surface area contributed by atoms with E-state index >= 15 is 0 Å². The summed E-state index contributed by atoms with van der Waals surface area (Å²) in [7, 11) is 0. The second-order valence-corrected chi connectivity index (χ2v) is 5.72. The summed E-state index contributed by atoms with van der Waals surface area (Å²) in [5.74, 6) is 0. The van der Waals surface area contributed by atoms with Gasteiger partial charge in [-0.25, -0.2) is 0 Å². The van der Waals surface area contributed by atoms with Gasteiger partial charge in [-0.3, -0.25) is 10.1 Å². The van der Waals surface area contributed by atoms with Gasteiger partial charge in [0, 0.05) is 12.1 Å². The molecule has 1 aliphatic rings. The van der Waals surface area contributed by atoms with Gasteiger partial charge in [0.25, 0.3) is 5.69 Å². The van der Waals surface area contributed by atoms with Gasteiger partial charge in [0.05, 0.1) is 10.5 Å². The Hall–Kier alpha value is -1.62. The summed E-state index contributed by atoms with van der Waals surface area (Å²) in [6, 6.07) is 5.22. The van der Waals surface area contributed by atoms with Crippen LogP contribution in [0.1, 0.15) is 44.1 Å². The van der Waals surface area contributed by atoms with Crippen molar-refractivity contribution in [3.8, 4) is 0 Å². The molecule has 0 unspecified atom stereocenters. The quantitative estimate of drug-likeness (QED) is 0.503. The molecule has 0 aliphatic heterocycles. The van der Waals surface area contributed by atoms with Gasteiger partial charge in [-0.2, -0.15) is 0 Å². The summed E-state index contributed by atoms with van der Waals surface area (Å²) >= 11 is 0. The average molecular weight is 278 g/mol. The molecule has 5 heteroatoms. The minimum absolute atomic E-state index is 0.102. The van der Waals surface area contributed by atoms with Crippen LogP contribution < -0.4 is 5.32 Å². The number of aryl methyl sites for hydroxylation is 1. The monoisotopic (exact) mass is 278 g/mol. The SMILES string of the molecule is Cc1cccc(NCC2(O)CCCCCC2)c1[N+](=O)[O-]. The van der Waals surface area contributed by atoms with Gasteiger partial charge < -0.3 is 10.4 Å². The van der Waals surface area contributed by atoms with Gasteiger partial charge in [-0.05, 0) is 25.8 Å². The van der Waals surface area contributed by atoms with Crippen molar-refractivity contribution in [2.75, 3.05) is 11.9 Å². The highest BCUT2D eigenvalue weighted by Gasteiger charge is 2.28. The first kappa shape index (κ1) is 14.8. The molecule has 20 heavy (non-hydrogen) atoms. The molecule has 0 spiro atoms. The molecular weight excluding hydrogens is 256 g/mol. The van der Waals surface area contributed by atoms with E-state index < -0.39 is 5.60 Å². The van der Waals surface area contributed by atoms with Crippen molar-refractivity contribution >= 4 is 11.4 Å². The first-order valence-corrected chi connectivity index (χ1v) is 7.22. The van der Waals surface area contributed by atoms with Crippen molar-refractivity contribution in [3.05, 3.63) is 33.9 Å². The minimum atomic E-state index is -0.742.